The number of carbonyl (C=O) groups excluding carboxylic acids is 1. The molecule has 5 aromatic rings. The van der Waals surface area contributed by atoms with E-state index in [0.29, 0.717) is 61.3 Å². The van der Waals surface area contributed by atoms with Gasteiger partial charge >= 0.3 is 0 Å². The Hall–Kier alpha value is -5.92. The minimum Gasteiger partial charge on any atom is -0.494 e. The van der Waals surface area contributed by atoms with Crippen molar-refractivity contribution < 1.29 is 19.0 Å². The molecule has 240 valence electrons. The molecule has 1 aliphatic rings. The summed E-state index contributed by atoms with van der Waals surface area (Å²) in [5.41, 5.74) is 3.79. The SMILES string of the molecule is CCOc1ccc([C@H]2C(C(=O)Nc3ccccc3)=C(C)N=c3s/c(=C\c4cccc(OC)c4OCc4ccccc4C#N)c(=O)n32)cc1. The molecule has 4 aromatic carbocycles. The molecule has 0 aliphatic carbocycles. The van der Waals surface area contributed by atoms with E-state index in [1.54, 1.807) is 42.9 Å². The van der Waals surface area contributed by atoms with Crippen molar-refractivity contribution in [2.24, 2.45) is 4.99 Å². The molecular formula is C38H32N4O5S. The van der Waals surface area contributed by atoms with Crippen LogP contribution in [0.2, 0.25) is 0 Å². The number of hydrogen-bond acceptors (Lipinski definition) is 8. The van der Waals surface area contributed by atoms with Crippen LogP contribution in [0.1, 0.15) is 42.1 Å². The molecule has 6 rings (SSSR count). The number of fused-ring (bicyclic) bond motifs is 1. The van der Waals surface area contributed by atoms with Gasteiger partial charge in [0, 0.05) is 16.8 Å². The highest BCUT2D eigenvalue weighted by atomic mass is 32.1. The number of carbonyl (C=O) groups is 1. The maximum atomic E-state index is 14.3. The number of benzene rings is 4. The van der Waals surface area contributed by atoms with Crippen LogP contribution in [-0.2, 0) is 11.4 Å². The fraction of sp³-hybridized carbons (Fsp3) is 0.158. The van der Waals surface area contributed by atoms with Gasteiger partial charge in [0.25, 0.3) is 11.5 Å². The van der Waals surface area contributed by atoms with Gasteiger partial charge in [-0.25, -0.2) is 4.99 Å². The van der Waals surface area contributed by atoms with Crippen molar-refractivity contribution in [1.82, 2.24) is 4.57 Å². The molecular weight excluding hydrogens is 625 g/mol. The lowest BCUT2D eigenvalue weighted by atomic mass is 9.95. The van der Waals surface area contributed by atoms with E-state index in [2.05, 4.69) is 11.4 Å². The zero-order valence-corrected chi connectivity index (χ0v) is 27.4. The first kappa shape index (κ1) is 32.0. The van der Waals surface area contributed by atoms with Gasteiger partial charge in [-0.2, -0.15) is 5.26 Å². The summed E-state index contributed by atoms with van der Waals surface area (Å²) < 4.78 is 19.5. The lowest BCUT2D eigenvalue weighted by Gasteiger charge is -2.25. The smallest absolute Gasteiger partial charge is 0.271 e. The summed E-state index contributed by atoms with van der Waals surface area (Å²) >= 11 is 1.23. The van der Waals surface area contributed by atoms with Crippen molar-refractivity contribution in [2.75, 3.05) is 19.0 Å². The van der Waals surface area contributed by atoms with Crippen LogP contribution >= 0.6 is 11.3 Å². The van der Waals surface area contributed by atoms with Gasteiger partial charge in [-0.15, -0.1) is 0 Å². The van der Waals surface area contributed by atoms with E-state index in [0.717, 1.165) is 11.1 Å². The Labute approximate surface area is 281 Å². The third-order valence-electron chi connectivity index (χ3n) is 7.83. The van der Waals surface area contributed by atoms with Gasteiger partial charge in [-0.1, -0.05) is 72.0 Å². The number of para-hydroxylation sites is 2. The molecule has 0 unspecified atom stereocenters. The van der Waals surface area contributed by atoms with Gasteiger partial charge in [0.2, 0.25) is 0 Å². The summed E-state index contributed by atoms with van der Waals surface area (Å²) in [6.45, 7) is 4.34. The first-order chi connectivity index (χ1) is 23.4. The predicted octanol–water partition coefficient (Wildman–Crippen LogP) is 5.73. The van der Waals surface area contributed by atoms with Crippen LogP contribution in [0, 0.1) is 11.3 Å². The van der Waals surface area contributed by atoms with Crippen LogP contribution in [0.4, 0.5) is 5.69 Å². The Morgan fingerprint density at radius 2 is 1.75 bits per heavy atom. The number of hydrogen-bond donors (Lipinski definition) is 1. The fourth-order valence-electron chi connectivity index (χ4n) is 5.57. The number of amides is 1. The second kappa shape index (κ2) is 14.2. The lowest BCUT2D eigenvalue weighted by Crippen LogP contribution is -2.40. The van der Waals surface area contributed by atoms with Gasteiger partial charge in [0.05, 0.1) is 47.2 Å². The second-order valence-corrected chi connectivity index (χ2v) is 11.8. The van der Waals surface area contributed by atoms with Crippen molar-refractivity contribution >= 4 is 29.0 Å². The summed E-state index contributed by atoms with van der Waals surface area (Å²) in [5.74, 6) is 1.25. The molecule has 0 fully saturated rings. The minimum atomic E-state index is -0.744. The van der Waals surface area contributed by atoms with Crippen molar-refractivity contribution in [3.63, 3.8) is 0 Å². The number of nitriles is 1. The summed E-state index contributed by atoms with van der Waals surface area (Å²) in [6, 6.07) is 30.7. The van der Waals surface area contributed by atoms with E-state index in [4.69, 9.17) is 19.2 Å². The standard InChI is InChI=1S/C38H32N4O5S/c1-4-46-30-19-17-25(18-20-30)34-33(36(43)41-29-14-6-5-7-15-29)24(2)40-38-42(34)37(44)32(48-38)21-26-13-10-16-31(45-3)35(26)47-23-28-12-9-8-11-27(28)22-39/h5-21,34H,4,23H2,1-3H3,(H,41,43)/b32-21-/t34-/m0/s1. The number of methoxy groups -OCH3 is 1. The molecule has 48 heavy (non-hydrogen) atoms. The highest BCUT2D eigenvalue weighted by Crippen LogP contribution is 2.34. The van der Waals surface area contributed by atoms with Crippen LogP contribution in [0.3, 0.4) is 0 Å². The van der Waals surface area contributed by atoms with Gasteiger partial charge in [0.1, 0.15) is 12.4 Å². The summed E-state index contributed by atoms with van der Waals surface area (Å²) in [6.07, 6.45) is 1.75. The predicted molar refractivity (Wildman–Crippen MR) is 185 cm³/mol. The Bertz CT molecular complexity index is 2230. The summed E-state index contributed by atoms with van der Waals surface area (Å²) in [4.78, 5) is 33.4. The number of nitrogens with zero attached hydrogens (tertiary/aromatic N) is 3. The molecule has 1 atom stereocenters. The van der Waals surface area contributed by atoms with Crippen molar-refractivity contribution in [1.29, 1.82) is 5.26 Å². The average Bonchev–Trinajstić information content (AvgIpc) is 3.41. The van der Waals surface area contributed by atoms with E-state index in [9.17, 15) is 14.9 Å². The van der Waals surface area contributed by atoms with E-state index in [1.807, 2.05) is 85.8 Å². The van der Waals surface area contributed by atoms with Crippen LogP contribution in [0.5, 0.6) is 17.2 Å². The Kier molecular flexibility index (Phi) is 9.50. The van der Waals surface area contributed by atoms with Gasteiger partial charge in [-0.3, -0.25) is 14.2 Å². The van der Waals surface area contributed by atoms with Crippen molar-refractivity contribution in [3.8, 4) is 23.3 Å². The van der Waals surface area contributed by atoms with Crippen molar-refractivity contribution in [3.05, 3.63) is 150 Å². The molecule has 1 amide bonds. The quantitative estimate of drug-likeness (QED) is 0.205. The van der Waals surface area contributed by atoms with Crippen LogP contribution in [-0.4, -0.2) is 24.2 Å². The molecule has 0 saturated heterocycles. The number of rotatable bonds is 10. The molecule has 1 N–H and O–H groups in total. The molecule has 1 aromatic heterocycles. The lowest BCUT2D eigenvalue weighted by molar-refractivity contribution is -0.113. The number of thiazole rings is 1. The molecule has 0 bridgehead atoms. The molecule has 10 heteroatoms. The molecule has 9 nitrogen and oxygen atoms in total. The van der Waals surface area contributed by atoms with E-state index >= 15 is 0 Å². The zero-order chi connectivity index (χ0) is 33.6. The third kappa shape index (κ3) is 6.49. The highest BCUT2D eigenvalue weighted by molar-refractivity contribution is 7.07. The maximum Gasteiger partial charge on any atom is 0.271 e. The zero-order valence-electron chi connectivity index (χ0n) is 26.6. The number of ether oxygens (including phenoxy) is 3. The number of nitrogens with one attached hydrogen (secondary N) is 1. The monoisotopic (exact) mass is 656 g/mol. The van der Waals surface area contributed by atoms with Crippen LogP contribution in [0.25, 0.3) is 6.08 Å². The van der Waals surface area contributed by atoms with Gasteiger partial charge in [0.15, 0.2) is 16.3 Å². The number of allylic oxidation sites excluding steroid dienone is 1. The minimum absolute atomic E-state index is 0.128. The number of aromatic nitrogens is 1. The Balaban J connectivity index is 1.45. The number of anilines is 1. The fourth-order valence-corrected chi connectivity index (χ4v) is 6.61. The van der Waals surface area contributed by atoms with Gasteiger partial charge < -0.3 is 19.5 Å². The molecule has 0 radical (unpaired) electrons. The van der Waals surface area contributed by atoms with Crippen molar-refractivity contribution in [2.45, 2.75) is 26.5 Å². The second-order valence-electron chi connectivity index (χ2n) is 10.8. The summed E-state index contributed by atoms with van der Waals surface area (Å²) in [7, 11) is 1.55. The normalized spacial score (nSPS) is 14.0. The molecule has 0 saturated carbocycles. The van der Waals surface area contributed by atoms with Crippen LogP contribution < -0.4 is 34.4 Å². The topological polar surface area (TPSA) is 115 Å². The Morgan fingerprint density at radius 3 is 2.48 bits per heavy atom. The highest BCUT2D eigenvalue weighted by Gasteiger charge is 2.32. The van der Waals surface area contributed by atoms with Gasteiger partial charge in [-0.05, 0) is 61.9 Å². The first-order valence-corrected chi connectivity index (χ1v) is 16.1. The maximum absolute atomic E-state index is 14.3. The van der Waals surface area contributed by atoms with Crippen LogP contribution in [0.15, 0.2) is 118 Å². The Morgan fingerprint density at radius 1 is 1.00 bits per heavy atom. The molecule has 0 spiro atoms. The molecule has 2 heterocycles. The van der Waals surface area contributed by atoms with E-state index < -0.39 is 6.04 Å². The van der Waals surface area contributed by atoms with E-state index in [-0.39, 0.29) is 18.1 Å². The third-order valence-corrected chi connectivity index (χ3v) is 8.81. The summed E-state index contributed by atoms with van der Waals surface area (Å²) in [5, 5.41) is 12.5. The first-order valence-electron chi connectivity index (χ1n) is 15.3. The average molecular weight is 657 g/mol. The van der Waals surface area contributed by atoms with E-state index in [1.165, 1.54) is 11.3 Å². The largest absolute Gasteiger partial charge is 0.494 e. The molecule has 1 aliphatic heterocycles.